The van der Waals surface area contributed by atoms with Crippen molar-refractivity contribution in [2.24, 2.45) is 0 Å². The minimum atomic E-state index is -0.917. The molecular weight excluding hydrogens is 364 g/mol. The molecule has 10 heteroatoms. The molecule has 1 aliphatic rings. The fourth-order valence-electron chi connectivity index (χ4n) is 2.83. The van der Waals surface area contributed by atoms with Crippen molar-refractivity contribution in [2.75, 3.05) is 26.8 Å². The van der Waals surface area contributed by atoms with Crippen LogP contribution in [-0.4, -0.2) is 71.6 Å². The minimum absolute atomic E-state index is 0.134. The van der Waals surface area contributed by atoms with E-state index in [0.717, 1.165) is 7.11 Å². The number of ether oxygens (including phenoxy) is 2. The van der Waals surface area contributed by atoms with Crippen LogP contribution in [0.5, 0.6) is 0 Å². The van der Waals surface area contributed by atoms with Gasteiger partial charge in [0.05, 0.1) is 24.9 Å². The van der Waals surface area contributed by atoms with Crippen molar-refractivity contribution in [3.05, 3.63) is 16.7 Å². The van der Waals surface area contributed by atoms with Crippen molar-refractivity contribution in [1.29, 1.82) is 0 Å². The molecule has 2 N–H and O–H groups in total. The normalized spacial score (nSPS) is 19.9. The Hall–Kier alpha value is -2.13. The number of carbonyl (C=O) groups excluding carboxylic acids is 3. The molecule has 1 aromatic rings. The molecule has 0 spiro atoms. The van der Waals surface area contributed by atoms with Gasteiger partial charge in [0, 0.05) is 19.7 Å². The van der Waals surface area contributed by atoms with Crippen LogP contribution in [0.4, 0.5) is 0 Å². The quantitative estimate of drug-likeness (QED) is 0.563. The van der Waals surface area contributed by atoms with Gasteiger partial charge in [0.1, 0.15) is 0 Å². The van der Waals surface area contributed by atoms with Gasteiger partial charge in [-0.3, -0.25) is 9.59 Å². The number of aromatic amines is 1. The molecule has 1 aromatic heterocycles. The summed E-state index contributed by atoms with van der Waals surface area (Å²) in [5.41, 5.74) is 0.691. The van der Waals surface area contributed by atoms with Crippen molar-refractivity contribution in [2.45, 2.75) is 38.8 Å². The van der Waals surface area contributed by atoms with Crippen molar-refractivity contribution in [3.8, 4) is 0 Å². The Morgan fingerprint density at radius 2 is 2.12 bits per heavy atom. The van der Waals surface area contributed by atoms with Gasteiger partial charge in [0.25, 0.3) is 5.91 Å². The van der Waals surface area contributed by atoms with Gasteiger partial charge >= 0.3 is 11.9 Å². The molecular formula is C16H23ClN4O5. The number of hydrogen-bond acceptors (Lipinski definition) is 6. The summed E-state index contributed by atoms with van der Waals surface area (Å²) in [7, 11) is 1.16. The molecule has 9 nitrogen and oxygen atoms in total. The maximum absolute atomic E-state index is 12.4. The van der Waals surface area contributed by atoms with E-state index in [2.05, 4.69) is 20.0 Å². The fourth-order valence-corrected chi connectivity index (χ4v) is 3.10. The summed E-state index contributed by atoms with van der Waals surface area (Å²) in [5.74, 6) is -1.89. The maximum Gasteiger partial charge on any atom is 0.396 e. The second kappa shape index (κ2) is 9.00. The molecule has 0 aromatic carbocycles. The van der Waals surface area contributed by atoms with Crippen molar-refractivity contribution >= 4 is 29.4 Å². The monoisotopic (exact) mass is 386 g/mol. The van der Waals surface area contributed by atoms with Crippen molar-refractivity contribution in [3.63, 3.8) is 0 Å². The van der Waals surface area contributed by atoms with E-state index in [0.29, 0.717) is 31.7 Å². The standard InChI is InChI=1S/C16H23ClN4O5/c1-4-9-12(17)20-13(18-9)14(22)19-10-6-7-21(8-11(10)26-5-2)15(23)16(24)25-3/h10-11H,4-8H2,1-3H3,(H,18,20)(H,19,22)/t10?,11-/m0/s1. The lowest BCUT2D eigenvalue weighted by molar-refractivity contribution is -0.160. The summed E-state index contributed by atoms with van der Waals surface area (Å²) in [5, 5.41) is 3.14. The van der Waals surface area contributed by atoms with E-state index in [9.17, 15) is 14.4 Å². The summed E-state index contributed by atoms with van der Waals surface area (Å²) < 4.78 is 10.1. The van der Waals surface area contributed by atoms with Gasteiger partial charge in [0.2, 0.25) is 0 Å². The van der Waals surface area contributed by atoms with E-state index in [1.807, 2.05) is 13.8 Å². The number of nitrogens with one attached hydrogen (secondary N) is 2. The fraction of sp³-hybridized carbons (Fsp3) is 0.625. The lowest BCUT2D eigenvalue weighted by Crippen LogP contribution is -2.57. The van der Waals surface area contributed by atoms with E-state index in [-0.39, 0.29) is 23.6 Å². The number of aromatic nitrogens is 2. The SMILES string of the molecule is CCO[C@H]1CN(C(=O)C(=O)OC)CCC1NC(=O)c1nc(Cl)c(CC)[nH]1. The van der Waals surface area contributed by atoms with Crippen LogP contribution < -0.4 is 5.32 Å². The second-order valence-corrected chi connectivity index (χ2v) is 6.17. The van der Waals surface area contributed by atoms with E-state index < -0.39 is 23.9 Å². The lowest BCUT2D eigenvalue weighted by Gasteiger charge is -2.37. The van der Waals surface area contributed by atoms with Gasteiger partial charge in [-0.2, -0.15) is 0 Å². The highest BCUT2D eigenvalue weighted by Gasteiger charge is 2.35. The number of amides is 2. The van der Waals surface area contributed by atoms with Gasteiger partial charge in [0.15, 0.2) is 11.0 Å². The molecule has 2 heterocycles. The largest absolute Gasteiger partial charge is 0.462 e. The summed E-state index contributed by atoms with van der Waals surface area (Å²) in [6.45, 7) is 4.62. The third-order valence-corrected chi connectivity index (χ3v) is 4.51. The Morgan fingerprint density at radius 1 is 1.38 bits per heavy atom. The van der Waals surface area contributed by atoms with Crippen LogP contribution in [0.3, 0.4) is 0 Å². The third-order valence-electron chi connectivity index (χ3n) is 4.20. The molecule has 2 atom stereocenters. The van der Waals surface area contributed by atoms with Crippen LogP contribution in [0.1, 0.15) is 36.6 Å². The predicted molar refractivity (Wildman–Crippen MR) is 92.9 cm³/mol. The summed E-state index contributed by atoms with van der Waals surface area (Å²) in [6.07, 6.45) is 0.630. The number of halogens is 1. The van der Waals surface area contributed by atoms with Gasteiger partial charge < -0.3 is 24.7 Å². The number of esters is 1. The van der Waals surface area contributed by atoms with Crippen LogP contribution in [0.25, 0.3) is 0 Å². The molecule has 1 aliphatic heterocycles. The zero-order valence-corrected chi connectivity index (χ0v) is 15.8. The lowest BCUT2D eigenvalue weighted by atomic mass is 10.0. The van der Waals surface area contributed by atoms with Crippen LogP contribution in [0, 0.1) is 0 Å². The molecule has 144 valence electrons. The zero-order valence-electron chi connectivity index (χ0n) is 15.0. The highest BCUT2D eigenvalue weighted by atomic mass is 35.5. The molecule has 0 bridgehead atoms. The number of methoxy groups -OCH3 is 1. The number of rotatable bonds is 5. The Balaban J connectivity index is 2.05. The second-order valence-electron chi connectivity index (χ2n) is 5.81. The van der Waals surface area contributed by atoms with Gasteiger partial charge in [-0.25, -0.2) is 9.78 Å². The Morgan fingerprint density at radius 3 is 2.69 bits per heavy atom. The van der Waals surface area contributed by atoms with E-state index in [1.54, 1.807) is 0 Å². The number of hydrogen-bond donors (Lipinski definition) is 2. The van der Waals surface area contributed by atoms with E-state index >= 15 is 0 Å². The highest BCUT2D eigenvalue weighted by molar-refractivity contribution is 6.32. The summed E-state index contributed by atoms with van der Waals surface area (Å²) >= 11 is 5.97. The number of carbonyl (C=O) groups is 3. The number of likely N-dealkylation sites (tertiary alicyclic amines) is 1. The average Bonchev–Trinajstić information content (AvgIpc) is 3.03. The van der Waals surface area contributed by atoms with Gasteiger partial charge in [-0.15, -0.1) is 0 Å². The first kappa shape index (κ1) is 20.2. The Labute approximate surface area is 156 Å². The number of H-pyrrole nitrogens is 1. The van der Waals surface area contributed by atoms with Crippen LogP contribution in [0.15, 0.2) is 0 Å². The first-order valence-electron chi connectivity index (χ1n) is 8.45. The summed E-state index contributed by atoms with van der Waals surface area (Å²) in [6, 6.07) is -0.321. The molecule has 0 saturated carbocycles. The molecule has 2 amide bonds. The van der Waals surface area contributed by atoms with Crippen molar-refractivity contribution < 1.29 is 23.9 Å². The maximum atomic E-state index is 12.4. The first-order chi connectivity index (χ1) is 12.4. The molecule has 1 saturated heterocycles. The third kappa shape index (κ3) is 4.53. The highest BCUT2D eigenvalue weighted by Crippen LogP contribution is 2.17. The Kier molecular flexibility index (Phi) is 6.98. The molecule has 1 unspecified atom stereocenters. The van der Waals surface area contributed by atoms with Crippen molar-refractivity contribution in [1.82, 2.24) is 20.2 Å². The summed E-state index contributed by atoms with van der Waals surface area (Å²) in [4.78, 5) is 44.1. The molecule has 0 aliphatic carbocycles. The molecule has 26 heavy (non-hydrogen) atoms. The number of imidazole rings is 1. The smallest absolute Gasteiger partial charge is 0.396 e. The Bertz CT molecular complexity index is 678. The number of aryl methyl sites for hydroxylation is 1. The molecule has 1 fully saturated rings. The average molecular weight is 387 g/mol. The predicted octanol–water partition coefficient (Wildman–Crippen LogP) is 0.534. The van der Waals surface area contributed by atoms with Gasteiger partial charge in [-0.05, 0) is 19.8 Å². The van der Waals surface area contributed by atoms with E-state index in [1.165, 1.54) is 4.90 Å². The number of nitrogens with zero attached hydrogens (tertiary/aromatic N) is 2. The van der Waals surface area contributed by atoms with Crippen LogP contribution in [0.2, 0.25) is 5.15 Å². The van der Waals surface area contributed by atoms with E-state index in [4.69, 9.17) is 16.3 Å². The minimum Gasteiger partial charge on any atom is -0.462 e. The molecule has 0 radical (unpaired) electrons. The van der Waals surface area contributed by atoms with Gasteiger partial charge in [-0.1, -0.05) is 18.5 Å². The number of piperidine rings is 1. The molecule has 2 rings (SSSR count). The zero-order chi connectivity index (χ0) is 19.3. The topological polar surface area (TPSA) is 114 Å². The first-order valence-corrected chi connectivity index (χ1v) is 8.83. The van der Waals surface area contributed by atoms with Crippen LogP contribution in [-0.2, 0) is 25.5 Å². The van der Waals surface area contributed by atoms with Crippen LogP contribution >= 0.6 is 11.6 Å².